The van der Waals surface area contributed by atoms with E-state index in [0.29, 0.717) is 11.3 Å². The molecule has 0 aromatic heterocycles. The monoisotopic (exact) mass is 278 g/mol. The quantitative estimate of drug-likeness (QED) is 0.589. The molecule has 3 N–H and O–H groups in total. The van der Waals surface area contributed by atoms with Crippen LogP contribution in [-0.2, 0) is 0 Å². The van der Waals surface area contributed by atoms with Crippen molar-refractivity contribution in [2.45, 2.75) is 12.8 Å². The van der Waals surface area contributed by atoms with Crippen LogP contribution in [0.2, 0.25) is 0 Å². The highest BCUT2D eigenvalue weighted by Crippen LogP contribution is 2.20. The zero-order valence-corrected chi connectivity index (χ0v) is 12.9. The number of hydrogen-bond donors (Lipinski definition) is 2. The van der Waals surface area contributed by atoms with Crippen LogP contribution in [0, 0.1) is 0 Å². The molecule has 5 nitrogen and oxygen atoms in total. The molecule has 0 unspecified atom stereocenters. The first-order chi connectivity index (χ1) is 9.41. The lowest BCUT2D eigenvalue weighted by Crippen LogP contribution is -2.22. The number of rotatable bonds is 7. The molecule has 20 heavy (non-hydrogen) atoms. The highest BCUT2D eigenvalue weighted by molar-refractivity contribution is 5.95. The molecule has 0 aliphatic heterocycles. The van der Waals surface area contributed by atoms with E-state index in [2.05, 4.69) is 24.3 Å². The average Bonchev–Trinajstić information content (AvgIpc) is 2.39. The number of nitrogens with one attached hydrogen (secondary N) is 1. The van der Waals surface area contributed by atoms with Gasteiger partial charge in [0, 0.05) is 26.2 Å². The zero-order valence-electron chi connectivity index (χ0n) is 12.9. The summed E-state index contributed by atoms with van der Waals surface area (Å²) in [6.07, 6.45) is 2.21. The van der Waals surface area contributed by atoms with Crippen LogP contribution in [0.3, 0.4) is 0 Å². The van der Waals surface area contributed by atoms with Crippen LogP contribution in [-0.4, -0.2) is 57.0 Å². The molecule has 0 radical (unpaired) electrons. The van der Waals surface area contributed by atoms with Gasteiger partial charge in [0.15, 0.2) is 0 Å². The average molecular weight is 278 g/mol. The van der Waals surface area contributed by atoms with Crippen molar-refractivity contribution in [3.8, 4) is 0 Å². The summed E-state index contributed by atoms with van der Waals surface area (Å²) in [5, 5.41) is 3.31. The van der Waals surface area contributed by atoms with Crippen LogP contribution in [0.25, 0.3) is 0 Å². The number of carbonyl (C=O) groups excluding carboxylic acids is 1. The Balaban J connectivity index is 2.56. The first-order valence-corrected chi connectivity index (χ1v) is 6.91. The van der Waals surface area contributed by atoms with E-state index in [-0.39, 0.29) is 5.91 Å². The molecule has 5 heteroatoms. The van der Waals surface area contributed by atoms with E-state index in [1.54, 1.807) is 31.1 Å². The van der Waals surface area contributed by atoms with E-state index in [9.17, 15) is 4.79 Å². The van der Waals surface area contributed by atoms with Gasteiger partial charge in [0.1, 0.15) is 0 Å². The number of nitrogens with two attached hydrogens (primary N) is 1. The first-order valence-electron chi connectivity index (χ1n) is 6.91. The summed E-state index contributed by atoms with van der Waals surface area (Å²) < 4.78 is 0. The molecule has 0 saturated heterocycles. The molecule has 0 fully saturated rings. The number of anilines is 2. The number of carbonyl (C=O) groups is 1. The fourth-order valence-electron chi connectivity index (χ4n) is 1.88. The van der Waals surface area contributed by atoms with Crippen molar-refractivity contribution in [1.82, 2.24) is 9.80 Å². The second-order valence-corrected chi connectivity index (χ2v) is 5.44. The van der Waals surface area contributed by atoms with E-state index in [1.807, 2.05) is 6.07 Å². The lowest BCUT2D eigenvalue weighted by atomic mass is 10.1. The molecule has 0 heterocycles. The van der Waals surface area contributed by atoms with Crippen LogP contribution in [0.5, 0.6) is 0 Å². The van der Waals surface area contributed by atoms with Crippen molar-refractivity contribution >= 4 is 17.3 Å². The summed E-state index contributed by atoms with van der Waals surface area (Å²) in [7, 11) is 7.63. The van der Waals surface area contributed by atoms with Gasteiger partial charge in [-0.2, -0.15) is 0 Å². The Kier molecular flexibility index (Phi) is 6.31. The molecular formula is C15H26N4O. The lowest BCUT2D eigenvalue weighted by molar-refractivity contribution is 0.0827. The van der Waals surface area contributed by atoms with Gasteiger partial charge in [-0.1, -0.05) is 0 Å². The van der Waals surface area contributed by atoms with Gasteiger partial charge in [0.05, 0.1) is 11.4 Å². The summed E-state index contributed by atoms with van der Waals surface area (Å²) in [6, 6.07) is 5.36. The number of nitrogen functional groups attached to an aromatic ring is 1. The third-order valence-corrected chi connectivity index (χ3v) is 3.05. The van der Waals surface area contributed by atoms with Crippen molar-refractivity contribution in [2.24, 2.45) is 0 Å². The predicted molar refractivity (Wildman–Crippen MR) is 85.1 cm³/mol. The van der Waals surface area contributed by atoms with E-state index in [4.69, 9.17) is 5.73 Å². The molecule has 0 saturated carbocycles. The largest absolute Gasteiger partial charge is 0.397 e. The molecule has 1 amide bonds. The topological polar surface area (TPSA) is 61.6 Å². The van der Waals surface area contributed by atoms with E-state index >= 15 is 0 Å². The van der Waals surface area contributed by atoms with Gasteiger partial charge in [-0.25, -0.2) is 0 Å². The molecule has 0 aliphatic rings. The molecule has 1 rings (SSSR count). The molecule has 0 spiro atoms. The van der Waals surface area contributed by atoms with Gasteiger partial charge in [-0.05, 0) is 51.7 Å². The van der Waals surface area contributed by atoms with E-state index in [0.717, 1.165) is 31.6 Å². The minimum atomic E-state index is -0.0133. The third-order valence-electron chi connectivity index (χ3n) is 3.05. The summed E-state index contributed by atoms with van der Waals surface area (Å²) in [5.74, 6) is -0.0133. The lowest BCUT2D eigenvalue weighted by Gasteiger charge is -2.14. The Morgan fingerprint density at radius 2 is 1.90 bits per heavy atom. The molecule has 0 bridgehead atoms. The van der Waals surface area contributed by atoms with Crippen molar-refractivity contribution in [2.75, 3.05) is 52.3 Å². The van der Waals surface area contributed by atoms with Crippen molar-refractivity contribution < 1.29 is 4.79 Å². The Hall–Kier alpha value is -1.75. The second kappa shape index (κ2) is 7.75. The van der Waals surface area contributed by atoms with Gasteiger partial charge in [0.25, 0.3) is 5.91 Å². The van der Waals surface area contributed by atoms with Crippen molar-refractivity contribution in [1.29, 1.82) is 0 Å². The maximum Gasteiger partial charge on any atom is 0.253 e. The Morgan fingerprint density at radius 1 is 1.20 bits per heavy atom. The van der Waals surface area contributed by atoms with Crippen LogP contribution in [0.15, 0.2) is 18.2 Å². The van der Waals surface area contributed by atoms with Crippen molar-refractivity contribution in [3.63, 3.8) is 0 Å². The summed E-state index contributed by atoms with van der Waals surface area (Å²) in [4.78, 5) is 15.6. The van der Waals surface area contributed by atoms with Crippen molar-refractivity contribution in [3.05, 3.63) is 23.8 Å². The minimum absolute atomic E-state index is 0.0133. The molecule has 1 aromatic rings. The first kappa shape index (κ1) is 16.3. The SMILES string of the molecule is CN(C)CCCCNc1cc(C(=O)N(C)C)ccc1N. The van der Waals surface area contributed by atoms with Gasteiger partial charge >= 0.3 is 0 Å². The highest BCUT2D eigenvalue weighted by atomic mass is 16.2. The van der Waals surface area contributed by atoms with Crippen LogP contribution in [0.4, 0.5) is 11.4 Å². The molecule has 0 atom stereocenters. The Morgan fingerprint density at radius 3 is 2.50 bits per heavy atom. The van der Waals surface area contributed by atoms with Gasteiger partial charge in [-0.3, -0.25) is 4.79 Å². The highest BCUT2D eigenvalue weighted by Gasteiger charge is 2.09. The molecular weight excluding hydrogens is 252 g/mol. The van der Waals surface area contributed by atoms with E-state index in [1.165, 1.54) is 0 Å². The minimum Gasteiger partial charge on any atom is -0.397 e. The second-order valence-electron chi connectivity index (χ2n) is 5.44. The number of unbranched alkanes of at least 4 members (excludes halogenated alkanes) is 1. The normalized spacial score (nSPS) is 10.7. The fraction of sp³-hybridized carbons (Fsp3) is 0.533. The number of nitrogens with zero attached hydrogens (tertiary/aromatic N) is 2. The van der Waals surface area contributed by atoms with Crippen LogP contribution >= 0.6 is 0 Å². The van der Waals surface area contributed by atoms with Crippen LogP contribution < -0.4 is 11.1 Å². The molecule has 1 aromatic carbocycles. The molecule has 0 aliphatic carbocycles. The maximum absolute atomic E-state index is 11.9. The summed E-state index contributed by atoms with van der Waals surface area (Å²) in [5.41, 5.74) is 8.10. The smallest absolute Gasteiger partial charge is 0.253 e. The predicted octanol–water partition coefficient (Wildman–Crippen LogP) is 1.72. The van der Waals surface area contributed by atoms with E-state index < -0.39 is 0 Å². The summed E-state index contributed by atoms with van der Waals surface area (Å²) >= 11 is 0. The van der Waals surface area contributed by atoms with Gasteiger partial charge < -0.3 is 20.9 Å². The maximum atomic E-state index is 11.9. The number of amides is 1. The standard InChI is InChI=1S/C15H26N4O/c1-18(2)10-6-5-9-17-14-11-12(7-8-13(14)16)15(20)19(3)4/h7-8,11,17H,5-6,9-10,16H2,1-4H3. The van der Waals surface area contributed by atoms with Gasteiger partial charge in [0.2, 0.25) is 0 Å². The number of benzene rings is 1. The Bertz CT molecular complexity index is 443. The van der Waals surface area contributed by atoms with Gasteiger partial charge in [-0.15, -0.1) is 0 Å². The third kappa shape index (κ3) is 5.09. The zero-order chi connectivity index (χ0) is 15.1. The van der Waals surface area contributed by atoms with Crippen LogP contribution in [0.1, 0.15) is 23.2 Å². The molecule has 112 valence electrons. The summed E-state index contributed by atoms with van der Waals surface area (Å²) in [6.45, 7) is 1.94. The Labute approximate surface area is 121 Å². The fourth-order valence-corrected chi connectivity index (χ4v) is 1.88. The number of hydrogen-bond acceptors (Lipinski definition) is 4.